The lowest BCUT2D eigenvalue weighted by Gasteiger charge is -2.28. The van der Waals surface area contributed by atoms with Gasteiger partial charge in [-0.15, -0.1) is 0 Å². The van der Waals surface area contributed by atoms with Crippen molar-refractivity contribution >= 4 is 40.0 Å². The van der Waals surface area contributed by atoms with Crippen molar-refractivity contribution in [2.45, 2.75) is 12.5 Å². The number of fused-ring (bicyclic) bond motifs is 3. The maximum atomic E-state index is 12.6. The minimum absolute atomic E-state index is 0.0361. The number of nitrogens with one attached hydrogen (secondary N) is 3. The van der Waals surface area contributed by atoms with Gasteiger partial charge in [0.2, 0.25) is 5.91 Å². The molecule has 3 aliphatic rings. The molecule has 9 heteroatoms. The number of carbonyl (C=O) groups is 1. The Morgan fingerprint density at radius 2 is 1.94 bits per heavy atom. The number of morpholine rings is 1. The van der Waals surface area contributed by atoms with E-state index in [2.05, 4.69) is 61.9 Å². The second kappa shape index (κ2) is 8.60. The molecule has 1 amide bonds. The van der Waals surface area contributed by atoms with Gasteiger partial charge in [-0.1, -0.05) is 23.8 Å². The summed E-state index contributed by atoms with van der Waals surface area (Å²) >= 11 is 6.59. The summed E-state index contributed by atoms with van der Waals surface area (Å²) in [4.78, 5) is 27.6. The van der Waals surface area contributed by atoms with Crippen molar-refractivity contribution in [1.82, 2.24) is 20.3 Å². The van der Waals surface area contributed by atoms with Crippen LogP contribution in [0.1, 0.15) is 6.42 Å². The molecule has 1 aliphatic heterocycles. The number of nitrogens with zero attached hydrogens (tertiary/aromatic N) is 3. The number of pyridine rings is 1. The Balaban J connectivity index is 1.31. The van der Waals surface area contributed by atoms with Crippen LogP contribution in [0.3, 0.4) is 0 Å². The van der Waals surface area contributed by atoms with Crippen LogP contribution < -0.4 is 15.5 Å². The summed E-state index contributed by atoms with van der Waals surface area (Å²) in [7, 11) is 1.69. The quantitative estimate of drug-likeness (QED) is 0.486. The van der Waals surface area contributed by atoms with Crippen LogP contribution in [0.4, 0.5) is 11.4 Å². The predicted octanol–water partition coefficient (Wildman–Crippen LogP) is 3.46. The molecule has 2 aromatic heterocycles. The summed E-state index contributed by atoms with van der Waals surface area (Å²) in [6.07, 6.45) is 6.98. The van der Waals surface area contributed by atoms with E-state index in [0.717, 1.165) is 49.8 Å². The topological polar surface area (TPSA) is 95.2 Å². The fourth-order valence-corrected chi connectivity index (χ4v) is 5.76. The van der Waals surface area contributed by atoms with Crippen molar-refractivity contribution in [2.75, 3.05) is 43.6 Å². The van der Waals surface area contributed by atoms with Crippen LogP contribution in [0.25, 0.3) is 22.6 Å². The van der Waals surface area contributed by atoms with Crippen LogP contribution in [-0.4, -0.2) is 60.3 Å². The Morgan fingerprint density at radius 1 is 1.18 bits per heavy atom. The highest BCUT2D eigenvalue weighted by molar-refractivity contribution is 6.34. The van der Waals surface area contributed by atoms with Gasteiger partial charge in [0, 0.05) is 37.4 Å². The van der Waals surface area contributed by atoms with Crippen molar-refractivity contribution in [1.29, 1.82) is 0 Å². The Hall–Kier alpha value is -3.10. The minimum Gasteiger partial charge on any atom is -0.378 e. The minimum atomic E-state index is -0.134. The molecule has 3 heterocycles. The molecule has 6 rings (SSSR count). The van der Waals surface area contributed by atoms with Crippen LogP contribution in [0.5, 0.6) is 0 Å². The van der Waals surface area contributed by atoms with E-state index in [1.165, 1.54) is 5.69 Å². The molecule has 2 bridgehead atoms. The van der Waals surface area contributed by atoms with Crippen molar-refractivity contribution in [3.8, 4) is 11.4 Å². The van der Waals surface area contributed by atoms with Gasteiger partial charge in [0.05, 0.1) is 36.0 Å². The zero-order valence-electron chi connectivity index (χ0n) is 18.9. The maximum absolute atomic E-state index is 12.6. The van der Waals surface area contributed by atoms with E-state index in [4.69, 9.17) is 21.3 Å². The van der Waals surface area contributed by atoms with Crippen LogP contribution in [-0.2, 0) is 9.53 Å². The van der Waals surface area contributed by atoms with Gasteiger partial charge in [0.1, 0.15) is 11.3 Å². The SMILES string of the molecule is CNC(=O)[C@@H]1[C@H](Nc2c(Cl)cnc3[nH]c(-c4ccc(N5CCOCC5)cc4)nc23)[C@H]2C=C[C@@H]1C2. The Labute approximate surface area is 202 Å². The number of aromatic amines is 1. The van der Waals surface area contributed by atoms with E-state index >= 15 is 0 Å². The molecular formula is C25H27ClN6O2. The van der Waals surface area contributed by atoms with Gasteiger partial charge in [-0.2, -0.15) is 0 Å². The third kappa shape index (κ3) is 3.61. The van der Waals surface area contributed by atoms with Gasteiger partial charge in [0.15, 0.2) is 5.65 Å². The molecule has 0 spiro atoms. The highest BCUT2D eigenvalue weighted by atomic mass is 35.5. The number of allylic oxidation sites excluding steroid dienone is 1. The van der Waals surface area contributed by atoms with Gasteiger partial charge in [-0.05, 0) is 42.5 Å². The number of H-pyrrole nitrogens is 1. The van der Waals surface area contributed by atoms with E-state index in [1.54, 1.807) is 13.2 Å². The zero-order valence-corrected chi connectivity index (χ0v) is 19.7. The molecule has 176 valence electrons. The van der Waals surface area contributed by atoms with Crippen LogP contribution in [0.2, 0.25) is 5.02 Å². The summed E-state index contributed by atoms with van der Waals surface area (Å²) in [5, 5.41) is 6.90. The molecule has 2 fully saturated rings. The second-order valence-corrected chi connectivity index (χ2v) is 9.58. The van der Waals surface area contributed by atoms with Gasteiger partial charge in [0.25, 0.3) is 0 Å². The Kier molecular flexibility index (Phi) is 5.42. The summed E-state index contributed by atoms with van der Waals surface area (Å²) < 4.78 is 5.45. The van der Waals surface area contributed by atoms with E-state index in [-0.39, 0.29) is 29.7 Å². The zero-order chi connectivity index (χ0) is 23.2. The molecule has 0 unspecified atom stereocenters. The summed E-state index contributed by atoms with van der Waals surface area (Å²) in [5.41, 5.74) is 4.22. The van der Waals surface area contributed by atoms with Gasteiger partial charge < -0.3 is 25.3 Å². The molecule has 3 N–H and O–H groups in total. The maximum Gasteiger partial charge on any atom is 0.225 e. The number of carbonyl (C=O) groups excluding carboxylic acids is 1. The Morgan fingerprint density at radius 3 is 2.71 bits per heavy atom. The molecule has 4 atom stereocenters. The highest BCUT2D eigenvalue weighted by Gasteiger charge is 2.48. The normalized spacial score (nSPS) is 25.8. The lowest BCUT2D eigenvalue weighted by atomic mass is 9.88. The Bertz CT molecular complexity index is 1250. The number of amides is 1. The number of hydrogen-bond acceptors (Lipinski definition) is 6. The van der Waals surface area contributed by atoms with Crippen LogP contribution >= 0.6 is 11.6 Å². The number of imidazole rings is 1. The lowest BCUT2D eigenvalue weighted by molar-refractivity contribution is -0.125. The van der Waals surface area contributed by atoms with E-state index in [1.807, 2.05) is 0 Å². The number of aromatic nitrogens is 3. The lowest BCUT2D eigenvalue weighted by Crippen LogP contribution is -2.42. The molecule has 1 saturated carbocycles. The van der Waals surface area contributed by atoms with Crippen LogP contribution in [0.15, 0.2) is 42.6 Å². The van der Waals surface area contributed by atoms with E-state index in [9.17, 15) is 4.79 Å². The number of benzene rings is 1. The molecule has 2 aliphatic carbocycles. The summed E-state index contributed by atoms with van der Waals surface area (Å²) in [6.45, 7) is 3.31. The molecule has 8 nitrogen and oxygen atoms in total. The van der Waals surface area contributed by atoms with Gasteiger partial charge in [-0.3, -0.25) is 4.79 Å². The standard InChI is InChI=1S/C25H27ClN6O2/c1-27-25(33)19-15-2-3-16(12-15)20(19)29-21-18(26)13-28-24-22(21)30-23(31-24)14-4-6-17(7-5-14)32-8-10-34-11-9-32/h2-7,13,15-16,19-20H,8-12H2,1H3,(H,27,33)(H2,28,29,30,31)/t15-,16+,19+,20-/m1/s1. The first-order valence-corrected chi connectivity index (χ1v) is 12.1. The second-order valence-electron chi connectivity index (χ2n) is 9.17. The fraction of sp³-hybridized carbons (Fsp3) is 0.400. The number of anilines is 2. The van der Waals surface area contributed by atoms with E-state index in [0.29, 0.717) is 16.2 Å². The number of hydrogen-bond donors (Lipinski definition) is 3. The fourth-order valence-electron chi connectivity index (χ4n) is 5.57. The van der Waals surface area contributed by atoms with E-state index < -0.39 is 0 Å². The molecule has 3 aromatic rings. The largest absolute Gasteiger partial charge is 0.378 e. The first kappa shape index (κ1) is 21.4. The highest BCUT2D eigenvalue weighted by Crippen LogP contribution is 2.46. The van der Waals surface area contributed by atoms with Gasteiger partial charge >= 0.3 is 0 Å². The van der Waals surface area contributed by atoms with Crippen molar-refractivity contribution in [3.63, 3.8) is 0 Å². The third-order valence-corrected chi connectivity index (χ3v) is 7.59. The average molecular weight is 479 g/mol. The third-order valence-electron chi connectivity index (χ3n) is 7.30. The first-order valence-electron chi connectivity index (χ1n) is 11.8. The summed E-state index contributed by atoms with van der Waals surface area (Å²) in [6, 6.07) is 8.33. The van der Waals surface area contributed by atoms with Crippen LogP contribution in [0, 0.1) is 17.8 Å². The summed E-state index contributed by atoms with van der Waals surface area (Å²) in [5.74, 6) is 1.19. The predicted molar refractivity (Wildman–Crippen MR) is 133 cm³/mol. The number of rotatable bonds is 5. The van der Waals surface area contributed by atoms with Crippen molar-refractivity contribution in [2.24, 2.45) is 17.8 Å². The molecule has 1 saturated heterocycles. The molecule has 0 radical (unpaired) electrons. The van der Waals surface area contributed by atoms with Gasteiger partial charge in [-0.25, -0.2) is 9.97 Å². The number of ether oxygens (including phenoxy) is 1. The molecular weight excluding hydrogens is 452 g/mol. The molecule has 1 aromatic carbocycles. The monoisotopic (exact) mass is 478 g/mol. The smallest absolute Gasteiger partial charge is 0.225 e. The van der Waals surface area contributed by atoms with Crippen molar-refractivity contribution < 1.29 is 9.53 Å². The molecule has 34 heavy (non-hydrogen) atoms. The van der Waals surface area contributed by atoms with Crippen molar-refractivity contribution in [3.05, 3.63) is 47.6 Å². The first-order chi connectivity index (χ1) is 16.6. The average Bonchev–Trinajstić information content (AvgIpc) is 3.61. The number of halogens is 1.